The summed E-state index contributed by atoms with van der Waals surface area (Å²) >= 11 is 0. The molecule has 2 aromatic carbocycles. The maximum Gasteiger partial charge on any atom is 0.251 e. The maximum atomic E-state index is 12.4. The van der Waals surface area contributed by atoms with Crippen LogP contribution < -0.4 is 20.1 Å². The molecule has 41 heavy (non-hydrogen) atoms. The van der Waals surface area contributed by atoms with Gasteiger partial charge in [0.1, 0.15) is 24.7 Å². The van der Waals surface area contributed by atoms with Gasteiger partial charge in [0.05, 0.1) is 0 Å². The highest BCUT2D eigenvalue weighted by Crippen LogP contribution is 2.15. The standard InChI is InChI=1S/C33H48N4O4/c38-32(28-10-14-30(15-11-28)40-26-24-36-20-6-7-21-36)34-18-4-2-1-3-5-19-35-33(39)29-12-16-31(17-13-29)41-27-25-37-22-8-9-23-37/h10-17H,1-9,18-27H2,(H,34,38)(H,35,39). The van der Waals surface area contributed by atoms with Gasteiger partial charge in [-0.2, -0.15) is 0 Å². The lowest BCUT2D eigenvalue weighted by molar-refractivity contribution is 0.0945. The zero-order valence-corrected chi connectivity index (χ0v) is 24.6. The molecule has 2 aliphatic heterocycles. The first-order chi connectivity index (χ1) is 20.2. The van der Waals surface area contributed by atoms with Gasteiger partial charge in [-0.3, -0.25) is 19.4 Å². The van der Waals surface area contributed by atoms with Crippen molar-refractivity contribution in [3.8, 4) is 11.5 Å². The van der Waals surface area contributed by atoms with E-state index in [0.717, 1.165) is 56.7 Å². The number of benzene rings is 2. The highest BCUT2D eigenvalue weighted by atomic mass is 16.5. The number of hydrogen-bond acceptors (Lipinski definition) is 6. The van der Waals surface area contributed by atoms with Crippen molar-refractivity contribution in [3.63, 3.8) is 0 Å². The van der Waals surface area contributed by atoms with Gasteiger partial charge in [0.15, 0.2) is 0 Å². The van der Waals surface area contributed by atoms with Gasteiger partial charge in [0.2, 0.25) is 0 Å². The van der Waals surface area contributed by atoms with E-state index in [2.05, 4.69) is 20.4 Å². The number of nitrogens with one attached hydrogen (secondary N) is 2. The predicted octanol–water partition coefficient (Wildman–Crippen LogP) is 4.75. The van der Waals surface area contributed by atoms with Gasteiger partial charge in [-0.25, -0.2) is 0 Å². The minimum absolute atomic E-state index is 0.0435. The van der Waals surface area contributed by atoms with Crippen LogP contribution in [0.3, 0.4) is 0 Å². The van der Waals surface area contributed by atoms with E-state index in [1.54, 1.807) is 0 Å². The lowest BCUT2D eigenvalue weighted by Crippen LogP contribution is -2.25. The molecule has 0 spiro atoms. The molecule has 4 rings (SSSR count). The second kappa shape index (κ2) is 17.7. The molecule has 0 bridgehead atoms. The predicted molar refractivity (Wildman–Crippen MR) is 163 cm³/mol. The molecule has 2 N–H and O–H groups in total. The lowest BCUT2D eigenvalue weighted by Gasteiger charge is -2.15. The number of carbonyl (C=O) groups is 2. The van der Waals surface area contributed by atoms with Gasteiger partial charge in [0, 0.05) is 37.3 Å². The summed E-state index contributed by atoms with van der Waals surface area (Å²) in [7, 11) is 0. The first kappa shape index (κ1) is 30.8. The lowest BCUT2D eigenvalue weighted by atomic mass is 10.1. The molecule has 224 valence electrons. The van der Waals surface area contributed by atoms with Gasteiger partial charge < -0.3 is 20.1 Å². The maximum absolute atomic E-state index is 12.4. The van der Waals surface area contributed by atoms with Gasteiger partial charge in [0.25, 0.3) is 11.8 Å². The molecule has 2 fully saturated rings. The fourth-order valence-electron chi connectivity index (χ4n) is 5.39. The summed E-state index contributed by atoms with van der Waals surface area (Å²) in [5.74, 6) is 1.53. The molecule has 0 aromatic heterocycles. The summed E-state index contributed by atoms with van der Waals surface area (Å²) in [6.07, 6.45) is 10.2. The summed E-state index contributed by atoms with van der Waals surface area (Å²) in [5.41, 5.74) is 1.32. The number of hydrogen-bond donors (Lipinski definition) is 2. The fraction of sp³-hybridized carbons (Fsp3) is 0.576. The molecule has 2 saturated heterocycles. The number of carbonyl (C=O) groups excluding carboxylic acids is 2. The van der Waals surface area contributed by atoms with Crippen LogP contribution in [0.2, 0.25) is 0 Å². The molecule has 2 aromatic rings. The Bertz CT molecular complexity index is 949. The summed E-state index contributed by atoms with van der Waals surface area (Å²) in [6.45, 7) is 9.31. The Hall–Kier alpha value is -3.10. The number of nitrogens with zero attached hydrogens (tertiary/aromatic N) is 2. The Labute approximate surface area is 245 Å². The molecular weight excluding hydrogens is 516 g/mol. The largest absolute Gasteiger partial charge is 0.492 e. The monoisotopic (exact) mass is 564 g/mol. The van der Waals surface area contributed by atoms with Gasteiger partial charge in [-0.15, -0.1) is 0 Å². The first-order valence-corrected chi connectivity index (χ1v) is 15.6. The Morgan fingerprint density at radius 2 is 0.927 bits per heavy atom. The summed E-state index contributed by atoms with van der Waals surface area (Å²) in [6, 6.07) is 14.8. The molecule has 8 heteroatoms. The third kappa shape index (κ3) is 11.4. The zero-order valence-electron chi connectivity index (χ0n) is 24.6. The number of amides is 2. The average molecular weight is 565 g/mol. The zero-order chi connectivity index (χ0) is 28.5. The molecule has 0 unspecified atom stereocenters. The minimum atomic E-state index is -0.0435. The number of rotatable bonds is 18. The van der Waals surface area contributed by atoms with E-state index in [1.807, 2.05) is 48.5 Å². The number of ether oxygens (including phenoxy) is 2. The van der Waals surface area contributed by atoms with Gasteiger partial charge in [-0.1, -0.05) is 19.3 Å². The van der Waals surface area contributed by atoms with Crippen LogP contribution in [-0.4, -0.2) is 87.2 Å². The molecule has 2 heterocycles. The second-order valence-corrected chi connectivity index (χ2v) is 11.1. The van der Waals surface area contributed by atoms with E-state index in [-0.39, 0.29) is 11.8 Å². The summed E-state index contributed by atoms with van der Waals surface area (Å²) in [4.78, 5) is 29.7. The SMILES string of the molecule is O=C(NCCCCCCCNC(=O)c1ccc(OCCN2CCCC2)cc1)c1ccc(OCCN2CCCC2)cc1. The topological polar surface area (TPSA) is 83.1 Å². The molecule has 0 saturated carbocycles. The van der Waals surface area contributed by atoms with Crippen LogP contribution in [0.15, 0.2) is 48.5 Å². The molecule has 8 nitrogen and oxygen atoms in total. The van der Waals surface area contributed by atoms with E-state index in [4.69, 9.17) is 9.47 Å². The third-order valence-electron chi connectivity index (χ3n) is 7.91. The van der Waals surface area contributed by atoms with Gasteiger partial charge >= 0.3 is 0 Å². The minimum Gasteiger partial charge on any atom is -0.492 e. The Morgan fingerprint density at radius 3 is 1.32 bits per heavy atom. The van der Waals surface area contributed by atoms with E-state index in [9.17, 15) is 9.59 Å². The first-order valence-electron chi connectivity index (χ1n) is 15.6. The van der Waals surface area contributed by atoms with Crippen molar-refractivity contribution in [2.24, 2.45) is 0 Å². The molecule has 0 radical (unpaired) electrons. The normalized spacial score (nSPS) is 15.6. The number of likely N-dealkylation sites (tertiary alicyclic amines) is 2. The molecule has 0 aliphatic carbocycles. The van der Waals surface area contributed by atoms with Crippen molar-refractivity contribution >= 4 is 11.8 Å². The molecule has 2 amide bonds. The van der Waals surface area contributed by atoms with E-state index in [1.165, 1.54) is 51.9 Å². The average Bonchev–Trinajstić information content (AvgIpc) is 3.72. The quantitative estimate of drug-likeness (QED) is 0.255. The molecule has 2 aliphatic rings. The van der Waals surface area contributed by atoms with Crippen LogP contribution in [-0.2, 0) is 0 Å². The fourth-order valence-corrected chi connectivity index (χ4v) is 5.39. The van der Waals surface area contributed by atoms with Crippen LogP contribution in [0.4, 0.5) is 0 Å². The second-order valence-electron chi connectivity index (χ2n) is 11.1. The van der Waals surface area contributed by atoms with E-state index < -0.39 is 0 Å². The Kier molecular flexibility index (Phi) is 13.3. The van der Waals surface area contributed by atoms with Gasteiger partial charge in [-0.05, 0) is 113 Å². The van der Waals surface area contributed by atoms with Crippen LogP contribution in [0.25, 0.3) is 0 Å². The van der Waals surface area contributed by atoms with Crippen LogP contribution in [0, 0.1) is 0 Å². The summed E-state index contributed by atoms with van der Waals surface area (Å²) in [5, 5.41) is 6.01. The van der Waals surface area contributed by atoms with Crippen molar-refractivity contribution in [1.29, 1.82) is 0 Å². The van der Waals surface area contributed by atoms with Crippen molar-refractivity contribution in [1.82, 2.24) is 20.4 Å². The van der Waals surface area contributed by atoms with Crippen molar-refractivity contribution in [2.75, 3.05) is 65.6 Å². The van der Waals surface area contributed by atoms with Crippen molar-refractivity contribution in [2.45, 2.75) is 57.8 Å². The van der Waals surface area contributed by atoms with Crippen LogP contribution in [0.5, 0.6) is 11.5 Å². The van der Waals surface area contributed by atoms with Crippen molar-refractivity contribution in [3.05, 3.63) is 59.7 Å². The highest BCUT2D eigenvalue weighted by molar-refractivity contribution is 5.94. The van der Waals surface area contributed by atoms with Crippen LogP contribution >= 0.6 is 0 Å². The van der Waals surface area contributed by atoms with Crippen LogP contribution in [0.1, 0.15) is 78.5 Å². The van der Waals surface area contributed by atoms with E-state index in [0.29, 0.717) is 37.4 Å². The Morgan fingerprint density at radius 1 is 0.561 bits per heavy atom. The van der Waals surface area contributed by atoms with E-state index >= 15 is 0 Å². The number of unbranched alkanes of at least 4 members (excludes halogenated alkanes) is 4. The summed E-state index contributed by atoms with van der Waals surface area (Å²) < 4.78 is 11.6. The Balaban J connectivity index is 0.973. The smallest absolute Gasteiger partial charge is 0.251 e. The third-order valence-corrected chi connectivity index (χ3v) is 7.91. The molecule has 0 atom stereocenters. The van der Waals surface area contributed by atoms with Crippen molar-refractivity contribution < 1.29 is 19.1 Å². The molecular formula is C33H48N4O4. The highest BCUT2D eigenvalue weighted by Gasteiger charge is 2.12.